The van der Waals surface area contributed by atoms with E-state index in [1.807, 2.05) is 18.2 Å². The van der Waals surface area contributed by atoms with Gasteiger partial charge in [-0.2, -0.15) is 0 Å². The molecule has 7 heteroatoms. The van der Waals surface area contributed by atoms with Crippen LogP contribution in [-0.2, 0) is 9.53 Å². The van der Waals surface area contributed by atoms with E-state index in [9.17, 15) is 4.79 Å². The van der Waals surface area contributed by atoms with Gasteiger partial charge in [-0.1, -0.05) is 17.4 Å². The Morgan fingerprint density at radius 2 is 2.52 bits per heavy atom. The summed E-state index contributed by atoms with van der Waals surface area (Å²) >= 11 is 1.44. The van der Waals surface area contributed by atoms with Crippen molar-refractivity contribution in [3.8, 4) is 5.75 Å². The van der Waals surface area contributed by atoms with Gasteiger partial charge < -0.3 is 20.1 Å². The highest BCUT2D eigenvalue weighted by atomic mass is 32.1. The SMILES string of the molecule is COc1cccc2sc(NC(=O)CC3COCCN3)nc12. The molecule has 1 unspecified atom stereocenters. The third-order valence-corrected chi connectivity index (χ3v) is 4.21. The minimum Gasteiger partial charge on any atom is -0.494 e. The number of carbonyl (C=O) groups excluding carboxylic acids is 1. The quantitative estimate of drug-likeness (QED) is 0.898. The molecular formula is C14H17N3O3S. The van der Waals surface area contributed by atoms with Crippen LogP contribution in [0.25, 0.3) is 10.2 Å². The Morgan fingerprint density at radius 3 is 3.29 bits per heavy atom. The molecule has 2 aromatic rings. The number of aromatic nitrogens is 1. The minimum absolute atomic E-state index is 0.0592. The van der Waals surface area contributed by atoms with Crippen LogP contribution >= 0.6 is 11.3 Å². The molecule has 1 aromatic heterocycles. The van der Waals surface area contributed by atoms with Gasteiger partial charge in [-0.05, 0) is 12.1 Å². The molecule has 1 saturated heterocycles. The first-order valence-corrected chi connectivity index (χ1v) is 7.62. The second kappa shape index (κ2) is 6.38. The highest BCUT2D eigenvalue weighted by Crippen LogP contribution is 2.32. The van der Waals surface area contributed by atoms with Gasteiger partial charge in [0.15, 0.2) is 5.13 Å². The first-order valence-electron chi connectivity index (χ1n) is 6.81. The number of fused-ring (bicyclic) bond motifs is 1. The van der Waals surface area contributed by atoms with Gasteiger partial charge in [0.2, 0.25) is 5.91 Å². The van der Waals surface area contributed by atoms with Crippen LogP contribution in [0.1, 0.15) is 6.42 Å². The zero-order valence-electron chi connectivity index (χ0n) is 11.7. The fraction of sp³-hybridized carbons (Fsp3) is 0.429. The van der Waals surface area contributed by atoms with Crippen LogP contribution in [0.3, 0.4) is 0 Å². The van der Waals surface area contributed by atoms with Gasteiger partial charge in [-0.15, -0.1) is 0 Å². The minimum atomic E-state index is -0.0592. The van der Waals surface area contributed by atoms with Gasteiger partial charge in [0, 0.05) is 19.0 Å². The van der Waals surface area contributed by atoms with Crippen LogP contribution in [0.4, 0.5) is 5.13 Å². The molecule has 21 heavy (non-hydrogen) atoms. The Morgan fingerprint density at radius 1 is 1.62 bits per heavy atom. The molecule has 0 radical (unpaired) electrons. The maximum absolute atomic E-state index is 12.0. The summed E-state index contributed by atoms with van der Waals surface area (Å²) in [5, 5.41) is 6.70. The smallest absolute Gasteiger partial charge is 0.227 e. The number of rotatable bonds is 4. The Balaban J connectivity index is 1.68. The van der Waals surface area contributed by atoms with E-state index >= 15 is 0 Å². The second-order valence-electron chi connectivity index (χ2n) is 4.80. The van der Waals surface area contributed by atoms with Crippen LogP contribution in [0.2, 0.25) is 0 Å². The van der Waals surface area contributed by atoms with E-state index in [4.69, 9.17) is 9.47 Å². The number of ether oxygens (including phenoxy) is 2. The summed E-state index contributed by atoms with van der Waals surface area (Å²) in [5.41, 5.74) is 0.777. The zero-order valence-corrected chi connectivity index (χ0v) is 12.5. The number of hydrogen-bond donors (Lipinski definition) is 2. The third kappa shape index (κ3) is 3.31. The van der Waals surface area contributed by atoms with Crippen molar-refractivity contribution >= 4 is 32.6 Å². The van der Waals surface area contributed by atoms with E-state index in [1.165, 1.54) is 11.3 Å². The summed E-state index contributed by atoms with van der Waals surface area (Å²) in [7, 11) is 1.61. The standard InChI is InChI=1S/C14H17N3O3S/c1-19-10-3-2-4-11-13(10)17-14(21-11)16-12(18)7-9-8-20-6-5-15-9/h2-4,9,15H,5-8H2,1H3,(H,16,17,18). The first kappa shape index (κ1) is 14.2. The van der Waals surface area contributed by atoms with Crippen molar-refractivity contribution in [3.05, 3.63) is 18.2 Å². The molecule has 0 bridgehead atoms. The monoisotopic (exact) mass is 307 g/mol. The number of thiazole rings is 1. The van der Waals surface area contributed by atoms with E-state index in [0.717, 1.165) is 16.8 Å². The highest BCUT2D eigenvalue weighted by molar-refractivity contribution is 7.22. The lowest BCUT2D eigenvalue weighted by atomic mass is 10.2. The number of hydrogen-bond acceptors (Lipinski definition) is 6. The van der Waals surface area contributed by atoms with Crippen molar-refractivity contribution in [2.75, 3.05) is 32.2 Å². The molecule has 2 heterocycles. The molecule has 0 aliphatic carbocycles. The summed E-state index contributed by atoms with van der Waals surface area (Å²) in [6.07, 6.45) is 0.382. The van der Waals surface area contributed by atoms with Crippen LogP contribution in [0, 0.1) is 0 Å². The predicted molar refractivity (Wildman–Crippen MR) is 82.0 cm³/mol. The van der Waals surface area contributed by atoms with E-state index in [1.54, 1.807) is 7.11 Å². The molecule has 3 rings (SSSR count). The number of carbonyl (C=O) groups is 1. The summed E-state index contributed by atoms with van der Waals surface area (Å²) < 4.78 is 11.6. The second-order valence-corrected chi connectivity index (χ2v) is 5.83. The average Bonchev–Trinajstić information content (AvgIpc) is 2.90. The van der Waals surface area contributed by atoms with Crippen LogP contribution in [0.5, 0.6) is 5.75 Å². The maximum atomic E-state index is 12.0. The van der Waals surface area contributed by atoms with Crippen LogP contribution in [-0.4, -0.2) is 43.8 Å². The predicted octanol–water partition coefficient (Wildman–Crippen LogP) is 1.62. The van der Waals surface area contributed by atoms with Crippen LogP contribution < -0.4 is 15.4 Å². The largest absolute Gasteiger partial charge is 0.494 e. The zero-order chi connectivity index (χ0) is 14.7. The Kier molecular flexibility index (Phi) is 4.33. The number of methoxy groups -OCH3 is 1. The van der Waals surface area contributed by atoms with Crippen LogP contribution in [0.15, 0.2) is 18.2 Å². The van der Waals surface area contributed by atoms with Gasteiger partial charge in [0.25, 0.3) is 0 Å². The summed E-state index contributed by atoms with van der Waals surface area (Å²) in [6.45, 7) is 2.06. The maximum Gasteiger partial charge on any atom is 0.227 e. The first-order chi connectivity index (χ1) is 10.3. The van der Waals surface area contributed by atoms with E-state index in [0.29, 0.717) is 30.5 Å². The van der Waals surface area contributed by atoms with Crippen molar-refractivity contribution in [1.29, 1.82) is 0 Å². The Hall–Kier alpha value is -1.70. The van der Waals surface area contributed by atoms with Gasteiger partial charge in [-0.3, -0.25) is 4.79 Å². The van der Waals surface area contributed by atoms with Gasteiger partial charge in [0.1, 0.15) is 11.3 Å². The molecule has 0 saturated carbocycles. The van der Waals surface area contributed by atoms with Crippen molar-refractivity contribution in [2.24, 2.45) is 0 Å². The number of benzene rings is 1. The molecule has 1 atom stereocenters. The Bertz CT molecular complexity index is 637. The number of morpholine rings is 1. The molecule has 1 aliphatic rings. The van der Waals surface area contributed by atoms with E-state index in [-0.39, 0.29) is 11.9 Å². The molecular weight excluding hydrogens is 290 g/mol. The molecule has 6 nitrogen and oxygen atoms in total. The summed E-state index contributed by atoms with van der Waals surface area (Å²) in [4.78, 5) is 16.5. The summed E-state index contributed by atoms with van der Waals surface area (Å²) in [5.74, 6) is 0.655. The van der Waals surface area contributed by atoms with Gasteiger partial charge in [-0.25, -0.2) is 4.98 Å². The van der Waals surface area contributed by atoms with Crippen molar-refractivity contribution in [1.82, 2.24) is 10.3 Å². The fourth-order valence-electron chi connectivity index (χ4n) is 2.29. The van der Waals surface area contributed by atoms with E-state index in [2.05, 4.69) is 15.6 Å². The molecule has 1 fully saturated rings. The lowest BCUT2D eigenvalue weighted by molar-refractivity contribution is -0.117. The third-order valence-electron chi connectivity index (χ3n) is 3.28. The fourth-order valence-corrected chi connectivity index (χ4v) is 3.19. The van der Waals surface area contributed by atoms with Crippen molar-refractivity contribution in [3.63, 3.8) is 0 Å². The molecule has 0 spiro atoms. The van der Waals surface area contributed by atoms with Gasteiger partial charge >= 0.3 is 0 Å². The molecule has 1 aromatic carbocycles. The normalized spacial score (nSPS) is 18.6. The number of anilines is 1. The number of nitrogens with zero attached hydrogens (tertiary/aromatic N) is 1. The summed E-state index contributed by atoms with van der Waals surface area (Å²) in [6, 6.07) is 5.80. The molecule has 2 N–H and O–H groups in total. The number of nitrogens with one attached hydrogen (secondary N) is 2. The molecule has 112 valence electrons. The van der Waals surface area contributed by atoms with Gasteiger partial charge in [0.05, 0.1) is 25.0 Å². The van der Waals surface area contributed by atoms with Crippen molar-refractivity contribution < 1.29 is 14.3 Å². The topological polar surface area (TPSA) is 72.5 Å². The molecule has 1 aliphatic heterocycles. The molecule has 1 amide bonds. The number of amides is 1. The lowest BCUT2D eigenvalue weighted by Crippen LogP contribution is -2.43. The number of para-hydroxylation sites is 1. The highest BCUT2D eigenvalue weighted by Gasteiger charge is 2.18. The average molecular weight is 307 g/mol. The van der Waals surface area contributed by atoms with Crippen molar-refractivity contribution in [2.45, 2.75) is 12.5 Å². The van der Waals surface area contributed by atoms with E-state index < -0.39 is 0 Å². The lowest BCUT2D eigenvalue weighted by Gasteiger charge is -2.22. The Labute approximate surface area is 126 Å².